The predicted molar refractivity (Wildman–Crippen MR) is 163 cm³/mol. The van der Waals surface area contributed by atoms with Crippen molar-refractivity contribution in [3.05, 3.63) is 114 Å². The third-order valence-electron chi connectivity index (χ3n) is 6.97. The summed E-state index contributed by atoms with van der Waals surface area (Å²) < 4.78 is 16.6. The summed E-state index contributed by atoms with van der Waals surface area (Å²) >= 11 is 11.0. The molecule has 3 nitrogen and oxygen atoms in total. The summed E-state index contributed by atoms with van der Waals surface area (Å²) in [6.07, 6.45) is 2.95. The Morgan fingerprint density at radius 2 is 1.49 bits per heavy atom. The van der Waals surface area contributed by atoms with Crippen LogP contribution in [0.15, 0.2) is 99.1 Å². The fourth-order valence-electron chi connectivity index (χ4n) is 5.00. The number of aliphatic imine (C=N–C) groups is 1. The maximum absolute atomic E-state index is 6.42. The fraction of sp³-hybridized carbons (Fsp3) is 0.323. The first-order valence-corrected chi connectivity index (χ1v) is 17.2. The molecular formula is C31H32Cl2INO2. The molecule has 3 aromatic rings. The van der Waals surface area contributed by atoms with Crippen molar-refractivity contribution in [1.82, 2.24) is 0 Å². The number of alkyl halides is 2. The number of benzene rings is 3. The molecule has 0 bridgehead atoms. The van der Waals surface area contributed by atoms with E-state index in [0.717, 1.165) is 34.5 Å². The minimum atomic E-state index is -1.76. The van der Waals surface area contributed by atoms with E-state index in [2.05, 4.69) is 66.7 Å². The molecule has 1 aliphatic heterocycles. The Morgan fingerprint density at radius 3 is 2.08 bits per heavy atom. The van der Waals surface area contributed by atoms with Gasteiger partial charge in [0.15, 0.2) is 0 Å². The number of hydrogen-bond donors (Lipinski definition) is 0. The summed E-state index contributed by atoms with van der Waals surface area (Å²) in [4.78, 5) is 4.96. The third-order valence-corrected chi connectivity index (χ3v) is 13.3. The molecule has 2 aliphatic rings. The van der Waals surface area contributed by atoms with Crippen molar-refractivity contribution in [3.63, 3.8) is 0 Å². The summed E-state index contributed by atoms with van der Waals surface area (Å²) in [7, 11) is 0. The van der Waals surface area contributed by atoms with E-state index in [-0.39, 0.29) is 5.41 Å². The third kappa shape index (κ3) is 6.85. The van der Waals surface area contributed by atoms with E-state index < -0.39 is 19.8 Å². The fourth-order valence-corrected chi connectivity index (χ4v) is 11.9. The zero-order valence-electron chi connectivity index (χ0n) is 20.8. The average molecular weight is 648 g/mol. The van der Waals surface area contributed by atoms with Gasteiger partial charge in [0.25, 0.3) is 0 Å². The molecular weight excluding hydrogens is 616 g/mol. The molecule has 37 heavy (non-hydrogen) atoms. The van der Waals surface area contributed by atoms with Crippen LogP contribution in [0, 0.1) is 8.99 Å². The zero-order valence-corrected chi connectivity index (χ0v) is 24.5. The SMILES string of the molecule is ClCC1=NCI(c2cccc(Cl)c2)C2=C1CCC(COCc1ccccc1)(COCc1ccccc1)C2. The van der Waals surface area contributed by atoms with E-state index >= 15 is 0 Å². The van der Waals surface area contributed by atoms with E-state index in [1.807, 2.05) is 18.2 Å². The minimum absolute atomic E-state index is 0.0779. The Balaban J connectivity index is 1.39. The second-order valence-electron chi connectivity index (χ2n) is 9.68. The van der Waals surface area contributed by atoms with Crippen LogP contribution in [0.1, 0.15) is 30.4 Å². The molecule has 6 heteroatoms. The van der Waals surface area contributed by atoms with E-state index in [4.69, 9.17) is 37.7 Å². The first-order valence-electron chi connectivity index (χ1n) is 12.6. The monoisotopic (exact) mass is 647 g/mol. The van der Waals surface area contributed by atoms with Gasteiger partial charge >= 0.3 is 239 Å². The number of ether oxygens (including phenoxy) is 2. The molecule has 0 spiro atoms. The maximum atomic E-state index is 6.42. The van der Waals surface area contributed by atoms with Gasteiger partial charge in [-0.3, -0.25) is 0 Å². The summed E-state index contributed by atoms with van der Waals surface area (Å²) in [5.74, 6) is 0.473. The van der Waals surface area contributed by atoms with Gasteiger partial charge < -0.3 is 0 Å². The molecule has 5 rings (SSSR count). The molecule has 1 aliphatic carbocycles. The predicted octanol–water partition coefficient (Wildman–Crippen LogP) is 8.52. The Hall–Kier alpha value is -1.70. The van der Waals surface area contributed by atoms with Gasteiger partial charge in [-0.25, -0.2) is 0 Å². The normalized spacial score (nSPS) is 17.9. The number of nitrogens with zero attached hydrogens (tertiary/aromatic N) is 1. The standard InChI is InChI=1S/C31H32Cl2INO2/c32-18-30-28-14-15-31(21-36-19-24-8-3-1-4-9-24,22-37-20-25-10-5-2-6-11-25)17-29(28)34(23-35-30)27-13-7-12-26(33)16-27/h1-13,16H,14-15,17-23H2. The van der Waals surface area contributed by atoms with Crippen molar-refractivity contribution in [2.24, 2.45) is 10.4 Å². The number of rotatable bonds is 10. The molecule has 0 saturated heterocycles. The van der Waals surface area contributed by atoms with Crippen LogP contribution >= 0.6 is 43.0 Å². The summed E-state index contributed by atoms with van der Waals surface area (Å²) in [6.45, 7) is 2.55. The van der Waals surface area contributed by atoms with Gasteiger partial charge in [0.1, 0.15) is 0 Å². The second-order valence-corrected chi connectivity index (χ2v) is 15.7. The van der Waals surface area contributed by atoms with Gasteiger partial charge in [-0.15, -0.1) is 0 Å². The van der Waals surface area contributed by atoms with Crippen LogP contribution in [0.25, 0.3) is 0 Å². The van der Waals surface area contributed by atoms with Crippen LogP contribution in [-0.4, -0.2) is 29.4 Å². The van der Waals surface area contributed by atoms with Crippen LogP contribution in [0.4, 0.5) is 0 Å². The van der Waals surface area contributed by atoms with E-state index in [0.29, 0.717) is 32.3 Å². The van der Waals surface area contributed by atoms with E-state index in [1.165, 1.54) is 20.3 Å². The van der Waals surface area contributed by atoms with Crippen LogP contribution < -0.4 is 0 Å². The van der Waals surface area contributed by atoms with Crippen LogP contribution in [0.2, 0.25) is 5.02 Å². The summed E-state index contributed by atoms with van der Waals surface area (Å²) in [6, 6.07) is 29.2. The van der Waals surface area contributed by atoms with E-state index in [1.54, 1.807) is 3.58 Å². The molecule has 0 atom stereocenters. The van der Waals surface area contributed by atoms with Crippen LogP contribution in [0.3, 0.4) is 0 Å². The molecule has 0 radical (unpaired) electrons. The molecule has 0 N–H and O–H groups in total. The Bertz CT molecular complexity index is 1200. The number of halogens is 3. The Labute approximate surface area is 237 Å². The molecule has 3 aromatic carbocycles. The van der Waals surface area contributed by atoms with Crippen molar-refractivity contribution in [2.45, 2.75) is 32.5 Å². The molecule has 1 heterocycles. The zero-order chi connectivity index (χ0) is 25.5. The van der Waals surface area contributed by atoms with Crippen molar-refractivity contribution < 1.29 is 9.47 Å². The number of allylic oxidation sites excluding steroid dienone is 2. The first kappa shape index (κ1) is 26.9. The quantitative estimate of drug-likeness (QED) is 0.125. The van der Waals surface area contributed by atoms with Gasteiger partial charge in [0, 0.05) is 0 Å². The van der Waals surface area contributed by atoms with Gasteiger partial charge in [-0.1, -0.05) is 0 Å². The van der Waals surface area contributed by atoms with Gasteiger partial charge in [-0.2, -0.15) is 0 Å². The Kier molecular flexibility index (Phi) is 9.37. The van der Waals surface area contributed by atoms with Gasteiger partial charge in [0.2, 0.25) is 0 Å². The molecule has 0 amide bonds. The second kappa shape index (κ2) is 12.9. The Morgan fingerprint density at radius 1 is 0.838 bits per heavy atom. The van der Waals surface area contributed by atoms with Crippen molar-refractivity contribution in [2.75, 3.05) is 23.6 Å². The molecule has 0 aromatic heterocycles. The average Bonchev–Trinajstić information content (AvgIpc) is 2.93. The van der Waals surface area contributed by atoms with Crippen molar-refractivity contribution >= 4 is 48.7 Å². The molecule has 0 saturated carbocycles. The van der Waals surface area contributed by atoms with Crippen LogP contribution in [0.5, 0.6) is 0 Å². The van der Waals surface area contributed by atoms with E-state index in [9.17, 15) is 0 Å². The molecule has 0 fully saturated rings. The topological polar surface area (TPSA) is 30.8 Å². The van der Waals surface area contributed by atoms with Crippen molar-refractivity contribution in [1.29, 1.82) is 0 Å². The van der Waals surface area contributed by atoms with Gasteiger partial charge in [0.05, 0.1) is 0 Å². The summed E-state index contributed by atoms with van der Waals surface area (Å²) in [5.41, 5.74) is 4.79. The van der Waals surface area contributed by atoms with Crippen LogP contribution in [-0.2, 0) is 22.7 Å². The summed E-state index contributed by atoms with van der Waals surface area (Å²) in [5, 5.41) is 0.795. The van der Waals surface area contributed by atoms with Gasteiger partial charge in [-0.05, 0) is 0 Å². The van der Waals surface area contributed by atoms with Crippen molar-refractivity contribution in [3.8, 4) is 0 Å². The number of hydrogen-bond acceptors (Lipinski definition) is 3. The molecule has 0 unspecified atom stereocenters. The molecule has 194 valence electrons. The first-order chi connectivity index (χ1) is 18.2.